The molecule has 1 atom stereocenters. The van der Waals surface area contributed by atoms with Gasteiger partial charge in [-0.3, -0.25) is 4.79 Å². The predicted molar refractivity (Wildman–Crippen MR) is 99.7 cm³/mol. The van der Waals surface area contributed by atoms with E-state index in [9.17, 15) is 9.59 Å². The zero-order valence-corrected chi connectivity index (χ0v) is 15.0. The van der Waals surface area contributed by atoms with E-state index >= 15 is 0 Å². The van der Waals surface area contributed by atoms with Crippen LogP contribution < -0.4 is 0 Å². The largest absolute Gasteiger partial charge is 0.451 e. The highest BCUT2D eigenvalue weighted by Crippen LogP contribution is 2.26. The van der Waals surface area contributed by atoms with Crippen LogP contribution in [0.5, 0.6) is 0 Å². The van der Waals surface area contributed by atoms with Crippen LogP contribution in [0.1, 0.15) is 28.2 Å². The fraction of sp³-hybridized carbons (Fsp3) is 0.200. The standard InChI is InChI=1S/C20H19NO3S/c1-14(15-8-4-3-5-9-15)21(2)19(22)13-24-20(23)18-12-16-10-6-7-11-17(16)25-18/h3-12,14H,13H2,1-2H3/t14-/m1/s1. The van der Waals surface area contributed by atoms with Crippen molar-refractivity contribution in [3.63, 3.8) is 0 Å². The molecule has 3 rings (SSSR count). The molecule has 128 valence electrons. The number of amides is 1. The highest BCUT2D eigenvalue weighted by molar-refractivity contribution is 7.20. The molecule has 25 heavy (non-hydrogen) atoms. The highest BCUT2D eigenvalue weighted by atomic mass is 32.1. The first kappa shape index (κ1) is 17.2. The number of rotatable bonds is 5. The van der Waals surface area contributed by atoms with Crippen LogP contribution in [0.4, 0.5) is 0 Å². The molecule has 0 bridgehead atoms. The molecule has 1 amide bonds. The van der Waals surface area contributed by atoms with Crippen molar-refractivity contribution in [2.24, 2.45) is 0 Å². The second-order valence-electron chi connectivity index (χ2n) is 5.82. The molecule has 0 fully saturated rings. The quantitative estimate of drug-likeness (QED) is 0.643. The maximum atomic E-state index is 12.3. The number of benzene rings is 2. The third-order valence-electron chi connectivity index (χ3n) is 4.21. The lowest BCUT2D eigenvalue weighted by atomic mass is 10.1. The van der Waals surface area contributed by atoms with E-state index in [1.54, 1.807) is 18.0 Å². The molecule has 0 saturated heterocycles. The zero-order valence-electron chi connectivity index (χ0n) is 14.1. The summed E-state index contributed by atoms with van der Waals surface area (Å²) in [6.45, 7) is 1.68. The zero-order chi connectivity index (χ0) is 17.8. The number of thiophene rings is 1. The lowest BCUT2D eigenvalue weighted by molar-refractivity contribution is -0.135. The van der Waals surface area contributed by atoms with Crippen molar-refractivity contribution in [3.05, 3.63) is 71.1 Å². The summed E-state index contributed by atoms with van der Waals surface area (Å²) in [7, 11) is 1.72. The molecule has 2 aromatic carbocycles. The summed E-state index contributed by atoms with van der Waals surface area (Å²) in [4.78, 5) is 26.6. The van der Waals surface area contributed by atoms with Gasteiger partial charge in [0.2, 0.25) is 0 Å². The molecule has 0 N–H and O–H groups in total. The summed E-state index contributed by atoms with van der Waals surface area (Å²) in [5, 5.41) is 1.00. The normalized spacial score (nSPS) is 11.9. The van der Waals surface area contributed by atoms with E-state index in [1.165, 1.54) is 11.3 Å². The number of likely N-dealkylation sites (N-methyl/N-ethyl adjacent to an activating group) is 1. The van der Waals surface area contributed by atoms with Gasteiger partial charge in [-0.25, -0.2) is 4.79 Å². The van der Waals surface area contributed by atoms with Crippen molar-refractivity contribution < 1.29 is 14.3 Å². The first-order valence-electron chi connectivity index (χ1n) is 8.02. The Hall–Kier alpha value is -2.66. The number of fused-ring (bicyclic) bond motifs is 1. The van der Waals surface area contributed by atoms with Gasteiger partial charge >= 0.3 is 5.97 Å². The van der Waals surface area contributed by atoms with E-state index in [0.29, 0.717) is 4.88 Å². The van der Waals surface area contributed by atoms with Crippen LogP contribution in [0.25, 0.3) is 10.1 Å². The predicted octanol–water partition coefficient (Wildman–Crippen LogP) is 4.28. The van der Waals surface area contributed by atoms with Crippen LogP contribution >= 0.6 is 11.3 Å². The fourth-order valence-electron chi connectivity index (χ4n) is 2.55. The molecule has 4 nitrogen and oxygen atoms in total. The molecule has 1 aromatic heterocycles. The summed E-state index contributed by atoms with van der Waals surface area (Å²) in [5.41, 5.74) is 1.04. The monoisotopic (exact) mass is 353 g/mol. The highest BCUT2D eigenvalue weighted by Gasteiger charge is 2.19. The first-order valence-corrected chi connectivity index (χ1v) is 8.84. The average Bonchev–Trinajstić information content (AvgIpc) is 3.09. The van der Waals surface area contributed by atoms with Crippen LogP contribution in [-0.4, -0.2) is 30.4 Å². The van der Waals surface area contributed by atoms with Crippen molar-refractivity contribution >= 4 is 33.3 Å². The van der Waals surface area contributed by atoms with Crippen LogP contribution in [0, 0.1) is 0 Å². The number of hydrogen-bond acceptors (Lipinski definition) is 4. The van der Waals surface area contributed by atoms with Gasteiger partial charge in [-0.05, 0) is 30.0 Å². The summed E-state index contributed by atoms with van der Waals surface area (Å²) in [6, 6.07) is 19.2. The Kier molecular flexibility index (Phi) is 5.14. The molecule has 0 aliphatic heterocycles. The van der Waals surface area contributed by atoms with Crippen LogP contribution in [0.3, 0.4) is 0 Å². The lowest BCUT2D eigenvalue weighted by Crippen LogP contribution is -2.33. The lowest BCUT2D eigenvalue weighted by Gasteiger charge is -2.25. The van der Waals surface area contributed by atoms with Gasteiger partial charge in [-0.15, -0.1) is 11.3 Å². The second-order valence-corrected chi connectivity index (χ2v) is 6.90. The van der Waals surface area contributed by atoms with E-state index in [0.717, 1.165) is 15.6 Å². The Bertz CT molecular complexity index is 855. The molecule has 0 spiro atoms. The van der Waals surface area contributed by atoms with Crippen molar-refractivity contribution in [3.8, 4) is 0 Å². The van der Waals surface area contributed by atoms with Crippen molar-refractivity contribution in [1.82, 2.24) is 4.90 Å². The molecule has 0 aliphatic carbocycles. The molecule has 0 aliphatic rings. The number of nitrogens with zero attached hydrogens (tertiary/aromatic N) is 1. The minimum Gasteiger partial charge on any atom is -0.451 e. The third kappa shape index (κ3) is 3.88. The number of carbonyl (C=O) groups excluding carboxylic acids is 2. The Morgan fingerprint density at radius 1 is 1.08 bits per heavy atom. The smallest absolute Gasteiger partial charge is 0.348 e. The third-order valence-corrected chi connectivity index (χ3v) is 5.31. The minimum atomic E-state index is -0.463. The summed E-state index contributed by atoms with van der Waals surface area (Å²) >= 11 is 1.37. The van der Waals surface area contributed by atoms with E-state index in [4.69, 9.17) is 4.74 Å². The van der Waals surface area contributed by atoms with Gasteiger partial charge in [0.1, 0.15) is 4.88 Å². The number of carbonyl (C=O) groups is 2. The van der Waals surface area contributed by atoms with Gasteiger partial charge in [0.05, 0.1) is 6.04 Å². The molecular weight excluding hydrogens is 334 g/mol. The van der Waals surface area contributed by atoms with Crippen molar-refractivity contribution in [2.75, 3.05) is 13.7 Å². The van der Waals surface area contributed by atoms with Gasteiger partial charge in [0.25, 0.3) is 5.91 Å². The van der Waals surface area contributed by atoms with E-state index in [1.807, 2.05) is 61.5 Å². The fourth-order valence-corrected chi connectivity index (χ4v) is 3.51. The Balaban J connectivity index is 1.60. The molecule has 0 radical (unpaired) electrons. The summed E-state index contributed by atoms with van der Waals surface area (Å²) in [5.74, 6) is -0.693. The maximum Gasteiger partial charge on any atom is 0.348 e. The number of hydrogen-bond donors (Lipinski definition) is 0. The van der Waals surface area contributed by atoms with Gasteiger partial charge < -0.3 is 9.64 Å². The van der Waals surface area contributed by atoms with E-state index < -0.39 is 5.97 Å². The van der Waals surface area contributed by atoms with Gasteiger partial charge in [0.15, 0.2) is 6.61 Å². The molecule has 0 unspecified atom stereocenters. The molecule has 1 heterocycles. The Morgan fingerprint density at radius 2 is 1.76 bits per heavy atom. The molecule has 5 heteroatoms. The minimum absolute atomic E-state index is 0.0864. The van der Waals surface area contributed by atoms with Gasteiger partial charge in [0, 0.05) is 11.7 Å². The van der Waals surface area contributed by atoms with Crippen LogP contribution in [0.15, 0.2) is 60.7 Å². The van der Waals surface area contributed by atoms with Gasteiger partial charge in [-0.1, -0.05) is 48.5 Å². The second kappa shape index (κ2) is 7.49. The van der Waals surface area contributed by atoms with Crippen LogP contribution in [-0.2, 0) is 9.53 Å². The number of ether oxygens (including phenoxy) is 1. The summed E-state index contributed by atoms with van der Waals surface area (Å²) in [6.07, 6.45) is 0. The van der Waals surface area contributed by atoms with Crippen LogP contribution in [0.2, 0.25) is 0 Å². The van der Waals surface area contributed by atoms with Crippen molar-refractivity contribution in [1.29, 1.82) is 0 Å². The van der Waals surface area contributed by atoms with Gasteiger partial charge in [-0.2, -0.15) is 0 Å². The Labute approximate surface area is 150 Å². The van der Waals surface area contributed by atoms with E-state index in [-0.39, 0.29) is 18.6 Å². The van der Waals surface area contributed by atoms with Crippen molar-refractivity contribution in [2.45, 2.75) is 13.0 Å². The molecular formula is C20H19NO3S. The topological polar surface area (TPSA) is 46.6 Å². The first-order chi connectivity index (χ1) is 12.1. The maximum absolute atomic E-state index is 12.3. The number of esters is 1. The Morgan fingerprint density at radius 3 is 2.48 bits per heavy atom. The molecule has 0 saturated carbocycles. The molecule has 3 aromatic rings. The van der Waals surface area contributed by atoms with E-state index in [2.05, 4.69) is 0 Å². The SMILES string of the molecule is C[C@H](c1ccccc1)N(C)C(=O)COC(=O)c1cc2ccccc2s1. The summed E-state index contributed by atoms with van der Waals surface area (Å²) < 4.78 is 6.23. The average molecular weight is 353 g/mol.